The number of benzene rings is 1. The summed E-state index contributed by atoms with van der Waals surface area (Å²) in [4.78, 5) is 33.8. The summed E-state index contributed by atoms with van der Waals surface area (Å²) in [5.74, 6) is 0.0336. The van der Waals surface area contributed by atoms with Crippen LogP contribution in [0.5, 0.6) is 0 Å². The highest BCUT2D eigenvalue weighted by atomic mass is 32.1. The second kappa shape index (κ2) is 8.08. The SMILES string of the molecule is Cc1sc2ncn(CCC(=O)N3CC(C)OC(c4ccccc4)C3)c(=O)c2c1C. The first kappa shape index (κ1) is 19.8. The van der Waals surface area contributed by atoms with Crippen LogP contribution in [0.2, 0.25) is 0 Å². The van der Waals surface area contributed by atoms with Gasteiger partial charge in [0, 0.05) is 24.4 Å². The molecule has 0 aliphatic carbocycles. The minimum atomic E-state index is -0.124. The van der Waals surface area contributed by atoms with Crippen LogP contribution in [0.4, 0.5) is 0 Å². The first-order chi connectivity index (χ1) is 13.9. The average molecular weight is 412 g/mol. The largest absolute Gasteiger partial charge is 0.367 e. The van der Waals surface area contributed by atoms with Gasteiger partial charge in [-0.25, -0.2) is 4.98 Å². The van der Waals surface area contributed by atoms with E-state index in [4.69, 9.17) is 4.74 Å². The molecule has 4 rings (SSSR count). The Hall–Kier alpha value is -2.51. The minimum Gasteiger partial charge on any atom is -0.367 e. The third kappa shape index (κ3) is 3.97. The number of carbonyl (C=O) groups excluding carboxylic acids is 1. The van der Waals surface area contributed by atoms with Crippen LogP contribution in [0.15, 0.2) is 41.5 Å². The highest BCUT2D eigenvalue weighted by Gasteiger charge is 2.29. The summed E-state index contributed by atoms with van der Waals surface area (Å²) in [5.41, 5.74) is 1.99. The van der Waals surface area contributed by atoms with Crippen LogP contribution in [0.3, 0.4) is 0 Å². The van der Waals surface area contributed by atoms with Crippen LogP contribution in [0.25, 0.3) is 10.2 Å². The number of aromatic nitrogens is 2. The van der Waals surface area contributed by atoms with Crippen LogP contribution in [-0.2, 0) is 16.1 Å². The topological polar surface area (TPSA) is 64.4 Å². The van der Waals surface area contributed by atoms with Crippen LogP contribution in [-0.4, -0.2) is 39.6 Å². The zero-order valence-corrected chi connectivity index (χ0v) is 17.7. The maximum Gasteiger partial charge on any atom is 0.262 e. The van der Waals surface area contributed by atoms with Crippen LogP contribution in [0.1, 0.15) is 35.5 Å². The van der Waals surface area contributed by atoms with Gasteiger partial charge in [-0.2, -0.15) is 0 Å². The molecule has 1 fully saturated rings. The van der Waals surface area contributed by atoms with Crippen molar-refractivity contribution in [2.75, 3.05) is 13.1 Å². The number of fused-ring (bicyclic) bond motifs is 1. The molecule has 0 bridgehead atoms. The van der Waals surface area contributed by atoms with E-state index in [2.05, 4.69) is 4.98 Å². The first-order valence-electron chi connectivity index (χ1n) is 9.87. The summed E-state index contributed by atoms with van der Waals surface area (Å²) in [6.07, 6.45) is 1.67. The summed E-state index contributed by atoms with van der Waals surface area (Å²) < 4.78 is 7.59. The maximum absolute atomic E-state index is 12.9. The molecule has 1 aromatic carbocycles. The lowest BCUT2D eigenvalue weighted by Crippen LogP contribution is -2.46. The van der Waals surface area contributed by atoms with Gasteiger partial charge in [-0.05, 0) is 31.9 Å². The predicted octanol–water partition coefficient (Wildman–Crippen LogP) is 3.45. The van der Waals surface area contributed by atoms with E-state index in [1.165, 1.54) is 11.3 Å². The number of hydrogen-bond donors (Lipinski definition) is 0. The van der Waals surface area contributed by atoms with E-state index in [0.717, 1.165) is 20.8 Å². The Kier molecular flexibility index (Phi) is 5.52. The van der Waals surface area contributed by atoms with Crippen molar-refractivity contribution in [3.05, 3.63) is 63.0 Å². The van der Waals surface area contributed by atoms with Crippen molar-refractivity contribution in [2.45, 2.75) is 45.9 Å². The second-order valence-electron chi connectivity index (χ2n) is 7.60. The number of rotatable bonds is 4. The predicted molar refractivity (Wildman–Crippen MR) is 114 cm³/mol. The number of aryl methyl sites for hydroxylation is 3. The minimum absolute atomic E-state index is 0.0323. The number of carbonyl (C=O) groups is 1. The van der Waals surface area contributed by atoms with Crippen LogP contribution < -0.4 is 5.56 Å². The van der Waals surface area contributed by atoms with Crippen LogP contribution >= 0.6 is 11.3 Å². The van der Waals surface area contributed by atoms with Gasteiger partial charge in [0.25, 0.3) is 5.56 Å². The third-order valence-electron chi connectivity index (χ3n) is 5.51. The molecule has 0 spiro atoms. The quantitative estimate of drug-likeness (QED) is 0.660. The summed E-state index contributed by atoms with van der Waals surface area (Å²) in [6.45, 7) is 7.36. The lowest BCUT2D eigenvalue weighted by atomic mass is 10.1. The van der Waals surface area contributed by atoms with E-state index < -0.39 is 0 Å². The van der Waals surface area contributed by atoms with Gasteiger partial charge in [0.2, 0.25) is 5.91 Å². The zero-order chi connectivity index (χ0) is 20.5. The van der Waals surface area contributed by atoms with E-state index in [9.17, 15) is 9.59 Å². The molecule has 0 N–H and O–H groups in total. The van der Waals surface area contributed by atoms with E-state index in [1.54, 1.807) is 10.9 Å². The Morgan fingerprint density at radius 2 is 2.00 bits per heavy atom. The van der Waals surface area contributed by atoms with Crippen molar-refractivity contribution < 1.29 is 9.53 Å². The molecule has 1 aliphatic rings. The maximum atomic E-state index is 12.9. The Balaban J connectivity index is 1.47. The number of morpholine rings is 1. The molecular formula is C22H25N3O3S. The molecule has 2 unspecified atom stereocenters. The van der Waals surface area contributed by atoms with Crippen molar-refractivity contribution in [1.82, 2.24) is 14.5 Å². The molecule has 152 valence electrons. The molecule has 1 saturated heterocycles. The molecule has 2 aromatic heterocycles. The highest BCUT2D eigenvalue weighted by molar-refractivity contribution is 7.18. The molecule has 1 amide bonds. The monoisotopic (exact) mass is 411 g/mol. The van der Waals surface area contributed by atoms with Crippen molar-refractivity contribution in [2.24, 2.45) is 0 Å². The van der Waals surface area contributed by atoms with Crippen molar-refractivity contribution in [3.63, 3.8) is 0 Å². The molecular weight excluding hydrogens is 386 g/mol. The molecule has 3 heterocycles. The molecule has 2 atom stereocenters. The van der Waals surface area contributed by atoms with E-state index in [1.807, 2.05) is 56.0 Å². The van der Waals surface area contributed by atoms with E-state index in [-0.39, 0.29) is 30.1 Å². The second-order valence-corrected chi connectivity index (χ2v) is 8.80. The standard InChI is InChI=1S/C22H25N3O3S/c1-14-11-25(12-18(28-14)17-7-5-4-6-8-17)19(26)9-10-24-13-23-21-20(22(24)27)15(2)16(3)29-21/h4-8,13-14,18H,9-12H2,1-3H3. The third-order valence-corrected chi connectivity index (χ3v) is 6.62. The molecule has 0 radical (unpaired) electrons. The van der Waals surface area contributed by atoms with Gasteiger partial charge in [-0.1, -0.05) is 30.3 Å². The molecule has 6 nitrogen and oxygen atoms in total. The summed E-state index contributed by atoms with van der Waals surface area (Å²) >= 11 is 1.53. The van der Waals surface area contributed by atoms with Gasteiger partial charge in [-0.15, -0.1) is 11.3 Å². The van der Waals surface area contributed by atoms with Crippen molar-refractivity contribution in [3.8, 4) is 0 Å². The van der Waals surface area contributed by atoms with Crippen molar-refractivity contribution >= 4 is 27.5 Å². The molecule has 0 saturated carbocycles. The fraction of sp³-hybridized carbons (Fsp3) is 0.409. The number of amides is 1. The molecule has 7 heteroatoms. The zero-order valence-electron chi connectivity index (χ0n) is 16.9. The number of thiophene rings is 1. The van der Waals surface area contributed by atoms with Gasteiger partial charge >= 0.3 is 0 Å². The van der Waals surface area contributed by atoms with E-state index in [0.29, 0.717) is 25.0 Å². The lowest BCUT2D eigenvalue weighted by molar-refractivity contribution is -0.145. The highest BCUT2D eigenvalue weighted by Crippen LogP contribution is 2.26. The molecule has 3 aromatic rings. The molecule has 1 aliphatic heterocycles. The number of hydrogen-bond acceptors (Lipinski definition) is 5. The van der Waals surface area contributed by atoms with Gasteiger partial charge in [0.1, 0.15) is 10.9 Å². The Labute approximate surface area is 173 Å². The van der Waals surface area contributed by atoms with Crippen LogP contribution in [0, 0.1) is 13.8 Å². The summed E-state index contributed by atoms with van der Waals surface area (Å²) in [6, 6.07) is 9.98. The smallest absolute Gasteiger partial charge is 0.262 e. The Morgan fingerprint density at radius 3 is 2.76 bits per heavy atom. The Morgan fingerprint density at radius 1 is 1.24 bits per heavy atom. The van der Waals surface area contributed by atoms with Crippen molar-refractivity contribution in [1.29, 1.82) is 0 Å². The van der Waals surface area contributed by atoms with Gasteiger partial charge in [0.15, 0.2) is 0 Å². The number of nitrogens with zero attached hydrogens (tertiary/aromatic N) is 3. The fourth-order valence-electron chi connectivity index (χ4n) is 3.81. The summed E-state index contributed by atoms with van der Waals surface area (Å²) in [7, 11) is 0. The first-order valence-corrected chi connectivity index (χ1v) is 10.7. The average Bonchev–Trinajstić information content (AvgIpc) is 3.02. The Bertz CT molecular complexity index is 1090. The molecule has 29 heavy (non-hydrogen) atoms. The van der Waals surface area contributed by atoms with Gasteiger partial charge in [0.05, 0.1) is 24.4 Å². The number of ether oxygens (including phenoxy) is 1. The normalized spacial score (nSPS) is 19.6. The van der Waals surface area contributed by atoms with Gasteiger partial charge in [-0.3, -0.25) is 14.2 Å². The van der Waals surface area contributed by atoms with E-state index >= 15 is 0 Å². The van der Waals surface area contributed by atoms with Gasteiger partial charge < -0.3 is 9.64 Å². The fourth-order valence-corrected chi connectivity index (χ4v) is 4.80. The lowest BCUT2D eigenvalue weighted by Gasteiger charge is -2.37. The summed E-state index contributed by atoms with van der Waals surface area (Å²) in [5, 5.41) is 0.673.